The molecule has 0 aromatic heterocycles. The molecule has 7 nitrogen and oxygen atoms in total. The van der Waals surface area contributed by atoms with Crippen LogP contribution in [0, 0.1) is 0 Å². The maximum atomic E-state index is 12.8. The standard InChI is InChI=1S/C22H32N4O3/c1-4-9-23-10-12-24(13-11-23)20(27)19-7-5-18(6-8-19)16-25-14-15-26(17(2)3)22(29)21(25)28/h5-8,17H,4,9-16H2,1-3H3. The maximum absolute atomic E-state index is 12.8. The average Bonchev–Trinajstić information content (AvgIpc) is 2.72. The van der Waals surface area contributed by atoms with Gasteiger partial charge in [0.2, 0.25) is 0 Å². The second kappa shape index (κ2) is 9.39. The predicted octanol–water partition coefficient (Wildman–Crippen LogP) is 1.43. The highest BCUT2D eigenvalue weighted by Gasteiger charge is 2.33. The van der Waals surface area contributed by atoms with Gasteiger partial charge in [0, 0.05) is 57.4 Å². The lowest BCUT2D eigenvalue weighted by atomic mass is 10.1. The molecule has 2 saturated heterocycles. The van der Waals surface area contributed by atoms with Crippen LogP contribution in [-0.2, 0) is 16.1 Å². The summed E-state index contributed by atoms with van der Waals surface area (Å²) in [7, 11) is 0. The first kappa shape index (κ1) is 21.3. The van der Waals surface area contributed by atoms with Crippen LogP contribution in [0.2, 0.25) is 0 Å². The molecule has 3 rings (SSSR count). The van der Waals surface area contributed by atoms with Crippen molar-refractivity contribution in [1.82, 2.24) is 19.6 Å². The third kappa shape index (κ3) is 4.96. The summed E-state index contributed by atoms with van der Waals surface area (Å²) in [6.45, 7) is 12.0. The van der Waals surface area contributed by atoms with Gasteiger partial charge >= 0.3 is 11.8 Å². The van der Waals surface area contributed by atoms with Crippen molar-refractivity contribution in [2.45, 2.75) is 39.8 Å². The molecule has 2 fully saturated rings. The number of carbonyl (C=O) groups excluding carboxylic acids is 3. The number of carbonyl (C=O) groups is 3. The van der Waals surface area contributed by atoms with Crippen molar-refractivity contribution in [2.24, 2.45) is 0 Å². The van der Waals surface area contributed by atoms with Gasteiger partial charge in [0.25, 0.3) is 5.91 Å². The fourth-order valence-electron chi connectivity index (χ4n) is 3.98. The molecule has 158 valence electrons. The summed E-state index contributed by atoms with van der Waals surface area (Å²) < 4.78 is 0. The fourth-order valence-corrected chi connectivity index (χ4v) is 3.98. The number of amides is 3. The largest absolute Gasteiger partial charge is 0.336 e. The molecular weight excluding hydrogens is 368 g/mol. The van der Waals surface area contributed by atoms with Crippen LogP contribution in [0.4, 0.5) is 0 Å². The van der Waals surface area contributed by atoms with Crippen LogP contribution in [0.15, 0.2) is 24.3 Å². The van der Waals surface area contributed by atoms with Crippen LogP contribution in [-0.4, -0.2) is 89.2 Å². The second-order valence-electron chi connectivity index (χ2n) is 8.15. The van der Waals surface area contributed by atoms with Crippen molar-refractivity contribution in [3.8, 4) is 0 Å². The molecule has 0 spiro atoms. The Morgan fingerprint density at radius 2 is 1.59 bits per heavy atom. The van der Waals surface area contributed by atoms with Gasteiger partial charge in [-0.2, -0.15) is 0 Å². The Morgan fingerprint density at radius 1 is 0.931 bits per heavy atom. The van der Waals surface area contributed by atoms with Gasteiger partial charge in [0.15, 0.2) is 0 Å². The molecule has 1 aromatic carbocycles. The SMILES string of the molecule is CCCN1CCN(C(=O)c2ccc(CN3CCN(C(C)C)C(=O)C3=O)cc2)CC1. The minimum absolute atomic E-state index is 0.0303. The number of benzene rings is 1. The Hall–Kier alpha value is -2.41. The van der Waals surface area contributed by atoms with E-state index in [0.717, 1.165) is 44.7 Å². The Labute approximate surface area is 173 Å². The van der Waals surface area contributed by atoms with E-state index in [1.807, 2.05) is 43.0 Å². The highest BCUT2D eigenvalue weighted by Crippen LogP contribution is 2.15. The molecule has 0 radical (unpaired) electrons. The Bertz CT molecular complexity index is 739. The van der Waals surface area contributed by atoms with Crippen LogP contribution in [0.25, 0.3) is 0 Å². The van der Waals surface area contributed by atoms with Gasteiger partial charge in [-0.25, -0.2) is 0 Å². The number of hydrogen-bond donors (Lipinski definition) is 0. The third-order valence-electron chi connectivity index (χ3n) is 5.74. The van der Waals surface area contributed by atoms with E-state index in [1.165, 1.54) is 0 Å². The van der Waals surface area contributed by atoms with E-state index >= 15 is 0 Å². The van der Waals surface area contributed by atoms with E-state index < -0.39 is 11.8 Å². The fraction of sp³-hybridized carbons (Fsp3) is 0.591. The van der Waals surface area contributed by atoms with E-state index in [2.05, 4.69) is 11.8 Å². The third-order valence-corrected chi connectivity index (χ3v) is 5.74. The molecule has 0 aliphatic carbocycles. The number of nitrogens with zero attached hydrogens (tertiary/aromatic N) is 4. The number of hydrogen-bond acceptors (Lipinski definition) is 4. The van der Waals surface area contributed by atoms with E-state index in [0.29, 0.717) is 25.2 Å². The van der Waals surface area contributed by atoms with Gasteiger partial charge in [0.1, 0.15) is 0 Å². The number of piperazine rings is 2. The van der Waals surface area contributed by atoms with E-state index in [-0.39, 0.29) is 11.9 Å². The van der Waals surface area contributed by atoms with Gasteiger partial charge in [-0.3, -0.25) is 19.3 Å². The topological polar surface area (TPSA) is 64.2 Å². The molecule has 0 saturated carbocycles. The molecule has 0 unspecified atom stereocenters. The smallest absolute Gasteiger partial charge is 0.312 e. The van der Waals surface area contributed by atoms with E-state index in [9.17, 15) is 14.4 Å². The first-order valence-corrected chi connectivity index (χ1v) is 10.6. The van der Waals surface area contributed by atoms with Crippen LogP contribution >= 0.6 is 0 Å². The zero-order chi connectivity index (χ0) is 21.0. The maximum Gasteiger partial charge on any atom is 0.312 e. The van der Waals surface area contributed by atoms with Crippen molar-refractivity contribution in [1.29, 1.82) is 0 Å². The van der Waals surface area contributed by atoms with Crippen molar-refractivity contribution >= 4 is 17.7 Å². The van der Waals surface area contributed by atoms with Crippen LogP contribution in [0.5, 0.6) is 0 Å². The van der Waals surface area contributed by atoms with Crippen molar-refractivity contribution in [3.05, 3.63) is 35.4 Å². The van der Waals surface area contributed by atoms with Gasteiger partial charge in [0.05, 0.1) is 0 Å². The molecule has 0 N–H and O–H groups in total. The summed E-state index contributed by atoms with van der Waals surface area (Å²) in [5, 5.41) is 0. The summed E-state index contributed by atoms with van der Waals surface area (Å²) in [4.78, 5) is 44.9. The van der Waals surface area contributed by atoms with Gasteiger partial charge < -0.3 is 14.7 Å². The number of rotatable bonds is 6. The Morgan fingerprint density at radius 3 is 2.17 bits per heavy atom. The van der Waals surface area contributed by atoms with Gasteiger partial charge in [-0.1, -0.05) is 19.1 Å². The van der Waals surface area contributed by atoms with E-state index in [1.54, 1.807) is 9.80 Å². The first-order valence-electron chi connectivity index (χ1n) is 10.6. The first-order chi connectivity index (χ1) is 13.9. The molecule has 0 atom stereocenters. The second-order valence-corrected chi connectivity index (χ2v) is 8.15. The van der Waals surface area contributed by atoms with Crippen molar-refractivity contribution in [3.63, 3.8) is 0 Å². The van der Waals surface area contributed by atoms with Gasteiger partial charge in [-0.15, -0.1) is 0 Å². The molecule has 0 bridgehead atoms. The Kier molecular flexibility index (Phi) is 6.90. The minimum Gasteiger partial charge on any atom is -0.336 e. The van der Waals surface area contributed by atoms with Crippen LogP contribution in [0.3, 0.4) is 0 Å². The van der Waals surface area contributed by atoms with Crippen LogP contribution in [0.1, 0.15) is 43.1 Å². The lowest BCUT2D eigenvalue weighted by Crippen LogP contribution is -2.55. The zero-order valence-corrected chi connectivity index (χ0v) is 17.8. The van der Waals surface area contributed by atoms with E-state index in [4.69, 9.17) is 0 Å². The van der Waals surface area contributed by atoms with Crippen molar-refractivity contribution in [2.75, 3.05) is 45.8 Å². The summed E-state index contributed by atoms with van der Waals surface area (Å²) >= 11 is 0. The monoisotopic (exact) mass is 400 g/mol. The highest BCUT2D eigenvalue weighted by atomic mass is 16.2. The molecule has 7 heteroatoms. The Balaban J connectivity index is 1.56. The molecule has 29 heavy (non-hydrogen) atoms. The summed E-state index contributed by atoms with van der Waals surface area (Å²) in [5.41, 5.74) is 1.60. The molecule has 3 amide bonds. The molecule has 2 aliphatic rings. The van der Waals surface area contributed by atoms with Crippen molar-refractivity contribution < 1.29 is 14.4 Å². The quantitative estimate of drug-likeness (QED) is 0.678. The zero-order valence-electron chi connectivity index (χ0n) is 17.8. The predicted molar refractivity (Wildman–Crippen MR) is 111 cm³/mol. The highest BCUT2D eigenvalue weighted by molar-refractivity contribution is 6.35. The lowest BCUT2D eigenvalue weighted by Gasteiger charge is -2.36. The lowest BCUT2D eigenvalue weighted by molar-refractivity contribution is -0.157. The molecule has 2 heterocycles. The molecule has 2 aliphatic heterocycles. The average molecular weight is 401 g/mol. The summed E-state index contributed by atoms with van der Waals surface area (Å²) in [5.74, 6) is -0.820. The van der Waals surface area contributed by atoms with Gasteiger partial charge in [-0.05, 0) is 44.5 Å². The molecular formula is C22H32N4O3. The summed E-state index contributed by atoms with van der Waals surface area (Å²) in [6.07, 6.45) is 1.13. The van der Waals surface area contributed by atoms with Crippen LogP contribution < -0.4 is 0 Å². The summed E-state index contributed by atoms with van der Waals surface area (Å²) in [6, 6.07) is 7.45. The minimum atomic E-state index is -0.449. The molecule has 1 aromatic rings. The normalized spacial score (nSPS) is 18.7.